The van der Waals surface area contributed by atoms with Crippen molar-refractivity contribution in [3.05, 3.63) is 28.7 Å². The van der Waals surface area contributed by atoms with E-state index in [1.807, 2.05) is 19.0 Å². The second kappa shape index (κ2) is 6.17. The van der Waals surface area contributed by atoms with Crippen molar-refractivity contribution in [1.29, 1.82) is 0 Å². The predicted octanol–water partition coefficient (Wildman–Crippen LogP) is 1.84. The molecule has 0 aliphatic heterocycles. The first kappa shape index (κ1) is 17.2. The lowest BCUT2D eigenvalue weighted by molar-refractivity contribution is 0.0696. The molecule has 2 N–H and O–H groups in total. The summed E-state index contributed by atoms with van der Waals surface area (Å²) < 4.78 is 15.8. The summed E-state index contributed by atoms with van der Waals surface area (Å²) in [6.45, 7) is 0.641. The molecule has 0 saturated carbocycles. The van der Waals surface area contributed by atoms with Gasteiger partial charge in [0, 0.05) is 42.8 Å². The van der Waals surface area contributed by atoms with Crippen molar-refractivity contribution in [2.24, 2.45) is 7.05 Å². The Kier molecular flexibility index (Phi) is 4.63. The number of halogens is 1. The summed E-state index contributed by atoms with van der Waals surface area (Å²) in [6.07, 6.45) is 0. The van der Waals surface area contributed by atoms with Crippen molar-refractivity contribution in [3.63, 3.8) is 0 Å². The number of rotatable bonds is 5. The molecule has 1 aromatic heterocycles. The highest BCUT2D eigenvalue weighted by molar-refractivity contribution is 6.07. The Morgan fingerprint density at radius 1 is 1.22 bits per heavy atom. The fraction of sp³-hybridized carbons (Fsp3) is 0.438. The highest BCUT2D eigenvalue weighted by atomic mass is 19.1. The zero-order valence-corrected chi connectivity index (χ0v) is 14.0. The van der Waals surface area contributed by atoms with Crippen LogP contribution < -0.4 is 0 Å². The van der Waals surface area contributed by atoms with Gasteiger partial charge in [0.05, 0.1) is 11.1 Å². The predicted molar refractivity (Wildman–Crippen MR) is 86.3 cm³/mol. The lowest BCUT2D eigenvalue weighted by Crippen LogP contribution is -2.16. The molecule has 0 saturated heterocycles. The molecular formula is C16H22FN3O3. The highest BCUT2D eigenvalue weighted by Gasteiger charge is 2.26. The second-order valence-corrected chi connectivity index (χ2v) is 6.24. The van der Waals surface area contributed by atoms with Gasteiger partial charge < -0.3 is 24.6 Å². The summed E-state index contributed by atoms with van der Waals surface area (Å²) in [5.74, 6) is -2.32. The van der Waals surface area contributed by atoms with Gasteiger partial charge in [-0.25, -0.2) is 9.18 Å². The molecule has 0 fully saturated rings. The fourth-order valence-electron chi connectivity index (χ4n) is 2.86. The summed E-state index contributed by atoms with van der Waals surface area (Å²) in [6, 6.07) is 1.19. The minimum Gasteiger partial charge on any atom is -0.505 e. The van der Waals surface area contributed by atoms with Crippen molar-refractivity contribution in [2.75, 3.05) is 28.2 Å². The van der Waals surface area contributed by atoms with Crippen molar-refractivity contribution in [3.8, 4) is 5.75 Å². The normalized spacial score (nSPS) is 11.8. The maximum Gasteiger partial charge on any atom is 0.338 e. The molecule has 0 spiro atoms. The molecule has 1 heterocycles. The van der Waals surface area contributed by atoms with Gasteiger partial charge in [0.1, 0.15) is 0 Å². The van der Waals surface area contributed by atoms with Gasteiger partial charge in [0.2, 0.25) is 0 Å². The Labute approximate surface area is 134 Å². The third-order valence-electron chi connectivity index (χ3n) is 3.79. The number of carboxylic acids is 1. The van der Waals surface area contributed by atoms with Gasteiger partial charge in [-0.3, -0.25) is 0 Å². The first-order chi connectivity index (χ1) is 10.6. The van der Waals surface area contributed by atoms with E-state index in [-0.39, 0.29) is 12.1 Å². The Hall–Kier alpha value is -2.12. The molecule has 126 valence electrons. The van der Waals surface area contributed by atoms with E-state index in [9.17, 15) is 19.4 Å². The van der Waals surface area contributed by atoms with Crippen LogP contribution in [-0.4, -0.2) is 58.7 Å². The molecular weight excluding hydrogens is 301 g/mol. The van der Waals surface area contributed by atoms with Crippen LogP contribution in [0.15, 0.2) is 6.07 Å². The molecule has 0 radical (unpaired) electrons. The van der Waals surface area contributed by atoms with Crippen LogP contribution in [0.25, 0.3) is 10.9 Å². The number of nitrogens with zero attached hydrogens (tertiary/aromatic N) is 3. The maximum absolute atomic E-state index is 14.1. The lowest BCUT2D eigenvalue weighted by atomic mass is 10.0. The third-order valence-corrected chi connectivity index (χ3v) is 3.79. The van der Waals surface area contributed by atoms with Crippen LogP contribution in [0.1, 0.15) is 21.6 Å². The zero-order chi connectivity index (χ0) is 17.5. The van der Waals surface area contributed by atoms with Crippen molar-refractivity contribution in [2.45, 2.75) is 13.1 Å². The number of aromatic hydroxyl groups is 1. The van der Waals surface area contributed by atoms with Gasteiger partial charge in [-0.2, -0.15) is 0 Å². The highest BCUT2D eigenvalue weighted by Crippen LogP contribution is 2.36. The zero-order valence-electron chi connectivity index (χ0n) is 14.0. The summed E-state index contributed by atoms with van der Waals surface area (Å²) in [7, 11) is 8.94. The summed E-state index contributed by atoms with van der Waals surface area (Å²) in [5, 5.41) is 20.2. The van der Waals surface area contributed by atoms with Crippen LogP contribution in [0, 0.1) is 5.82 Å². The third kappa shape index (κ3) is 3.02. The van der Waals surface area contributed by atoms with Gasteiger partial charge >= 0.3 is 5.97 Å². The topological polar surface area (TPSA) is 68.9 Å². The van der Waals surface area contributed by atoms with Crippen LogP contribution in [0.3, 0.4) is 0 Å². The Morgan fingerprint density at radius 2 is 1.78 bits per heavy atom. The number of aryl methyl sites for hydroxylation is 1. The maximum atomic E-state index is 14.1. The summed E-state index contributed by atoms with van der Waals surface area (Å²) in [5.41, 5.74) is 1.44. The van der Waals surface area contributed by atoms with Crippen LogP contribution in [0.4, 0.5) is 4.39 Å². The van der Waals surface area contributed by atoms with Gasteiger partial charge in [0.15, 0.2) is 11.6 Å². The second-order valence-electron chi connectivity index (χ2n) is 6.24. The number of aromatic carboxylic acids is 1. The number of hydrogen-bond acceptors (Lipinski definition) is 4. The van der Waals surface area contributed by atoms with Gasteiger partial charge in [-0.1, -0.05) is 0 Å². The van der Waals surface area contributed by atoms with Crippen LogP contribution >= 0.6 is 0 Å². The molecule has 0 atom stereocenters. The van der Waals surface area contributed by atoms with Crippen LogP contribution in [-0.2, 0) is 20.1 Å². The van der Waals surface area contributed by atoms with Gasteiger partial charge in [-0.15, -0.1) is 0 Å². The quantitative estimate of drug-likeness (QED) is 0.879. The Balaban J connectivity index is 2.93. The van der Waals surface area contributed by atoms with E-state index in [1.165, 1.54) is 6.07 Å². The number of hydrogen-bond donors (Lipinski definition) is 2. The van der Waals surface area contributed by atoms with E-state index in [0.29, 0.717) is 28.7 Å². The van der Waals surface area contributed by atoms with E-state index < -0.39 is 17.5 Å². The molecule has 0 bridgehead atoms. The molecule has 0 aliphatic carbocycles. The van der Waals surface area contributed by atoms with Gasteiger partial charge in [-0.05, 0) is 28.2 Å². The number of benzene rings is 1. The number of carboxylic acid groups (broad SMARTS) is 1. The summed E-state index contributed by atoms with van der Waals surface area (Å²) >= 11 is 0. The Morgan fingerprint density at radius 3 is 2.26 bits per heavy atom. The lowest BCUT2D eigenvalue weighted by Gasteiger charge is -2.14. The standard InChI is InChI=1S/C16H22FN3O3/c1-18(2)7-9-13-11(6-10(17)15(9)21)20(5)12(8-19(3)4)14(13)16(22)23/h6,21H,7-8H2,1-5H3,(H,22,23). The Bertz CT molecular complexity index is 766. The average molecular weight is 323 g/mol. The SMILES string of the molecule is CN(C)Cc1c(O)c(F)cc2c1c(C(=O)O)c(CN(C)C)n2C. The van der Waals surface area contributed by atoms with E-state index in [1.54, 1.807) is 30.6 Å². The number of phenolic OH excluding ortho intramolecular Hbond substituents is 1. The first-order valence-electron chi connectivity index (χ1n) is 7.19. The molecule has 6 nitrogen and oxygen atoms in total. The average Bonchev–Trinajstić information content (AvgIpc) is 2.68. The first-order valence-corrected chi connectivity index (χ1v) is 7.19. The molecule has 2 aromatic rings. The van der Waals surface area contributed by atoms with E-state index in [2.05, 4.69) is 0 Å². The number of fused-ring (bicyclic) bond motifs is 1. The minimum atomic E-state index is -1.08. The van der Waals surface area contributed by atoms with Gasteiger partial charge in [0.25, 0.3) is 0 Å². The summed E-state index contributed by atoms with van der Waals surface area (Å²) in [4.78, 5) is 15.5. The monoisotopic (exact) mass is 323 g/mol. The minimum absolute atomic E-state index is 0.114. The van der Waals surface area contributed by atoms with Crippen molar-refractivity contribution < 1.29 is 19.4 Å². The van der Waals surface area contributed by atoms with Crippen LogP contribution in [0.5, 0.6) is 5.75 Å². The fourth-order valence-corrected chi connectivity index (χ4v) is 2.86. The molecule has 0 amide bonds. The smallest absolute Gasteiger partial charge is 0.338 e. The number of phenols is 1. The van der Waals surface area contributed by atoms with Crippen molar-refractivity contribution in [1.82, 2.24) is 14.4 Å². The molecule has 0 aliphatic rings. The van der Waals surface area contributed by atoms with E-state index in [4.69, 9.17) is 0 Å². The number of carbonyl (C=O) groups is 1. The molecule has 0 unspecified atom stereocenters. The molecule has 23 heavy (non-hydrogen) atoms. The van der Waals surface area contributed by atoms with E-state index in [0.717, 1.165) is 0 Å². The molecule has 2 rings (SSSR count). The molecule has 7 heteroatoms. The largest absolute Gasteiger partial charge is 0.505 e. The van der Waals surface area contributed by atoms with Crippen LogP contribution in [0.2, 0.25) is 0 Å². The van der Waals surface area contributed by atoms with E-state index >= 15 is 0 Å². The molecule has 1 aromatic carbocycles. The van der Waals surface area contributed by atoms with Crippen molar-refractivity contribution >= 4 is 16.9 Å². The number of aromatic nitrogens is 1.